The van der Waals surface area contributed by atoms with E-state index in [1.807, 2.05) is 6.07 Å². The standard InChI is InChI=1S/C13H16FNO/c14-11-3-1-2-10(13(15)6-7-13)12(11)16-8-9-4-5-9/h1-3,9H,4-8,15H2. The maximum atomic E-state index is 13.7. The van der Waals surface area contributed by atoms with Gasteiger partial charge in [-0.3, -0.25) is 0 Å². The average molecular weight is 221 g/mol. The van der Waals surface area contributed by atoms with Gasteiger partial charge < -0.3 is 10.5 Å². The van der Waals surface area contributed by atoms with Gasteiger partial charge in [-0.05, 0) is 37.7 Å². The van der Waals surface area contributed by atoms with Crippen molar-refractivity contribution >= 4 is 0 Å². The topological polar surface area (TPSA) is 35.2 Å². The fourth-order valence-corrected chi connectivity index (χ4v) is 1.94. The Morgan fingerprint density at radius 1 is 1.38 bits per heavy atom. The highest BCUT2D eigenvalue weighted by Crippen LogP contribution is 2.47. The van der Waals surface area contributed by atoms with Gasteiger partial charge in [0, 0.05) is 11.1 Å². The smallest absolute Gasteiger partial charge is 0.165 e. The molecule has 2 nitrogen and oxygen atoms in total. The van der Waals surface area contributed by atoms with Crippen molar-refractivity contribution in [3.63, 3.8) is 0 Å². The van der Waals surface area contributed by atoms with Crippen molar-refractivity contribution < 1.29 is 9.13 Å². The van der Waals surface area contributed by atoms with Crippen LogP contribution in [0.5, 0.6) is 5.75 Å². The van der Waals surface area contributed by atoms with E-state index in [2.05, 4.69) is 0 Å². The molecule has 1 aromatic rings. The number of para-hydroxylation sites is 1. The first kappa shape index (κ1) is 10.1. The summed E-state index contributed by atoms with van der Waals surface area (Å²) in [5.41, 5.74) is 6.62. The molecule has 0 aliphatic heterocycles. The second-order valence-corrected chi connectivity index (χ2v) is 5.03. The fourth-order valence-electron chi connectivity index (χ4n) is 1.94. The van der Waals surface area contributed by atoms with E-state index in [1.54, 1.807) is 6.07 Å². The summed E-state index contributed by atoms with van der Waals surface area (Å²) in [6, 6.07) is 5.04. The normalized spacial score (nSPS) is 21.9. The Kier molecular flexibility index (Phi) is 2.18. The predicted octanol–water partition coefficient (Wildman–Crippen LogP) is 2.56. The van der Waals surface area contributed by atoms with E-state index in [-0.39, 0.29) is 11.4 Å². The van der Waals surface area contributed by atoms with Gasteiger partial charge in [0.1, 0.15) is 0 Å². The van der Waals surface area contributed by atoms with Crippen molar-refractivity contribution in [2.75, 3.05) is 6.61 Å². The van der Waals surface area contributed by atoms with E-state index in [1.165, 1.54) is 18.9 Å². The molecule has 2 saturated carbocycles. The van der Waals surface area contributed by atoms with Crippen LogP contribution in [0.1, 0.15) is 31.2 Å². The highest BCUT2D eigenvalue weighted by atomic mass is 19.1. The third-order valence-electron chi connectivity index (χ3n) is 3.45. The molecule has 0 bridgehead atoms. The van der Waals surface area contributed by atoms with E-state index in [0.717, 1.165) is 18.4 Å². The predicted molar refractivity (Wildman–Crippen MR) is 59.7 cm³/mol. The van der Waals surface area contributed by atoms with E-state index >= 15 is 0 Å². The Labute approximate surface area is 94.6 Å². The summed E-state index contributed by atoms with van der Waals surface area (Å²) in [7, 11) is 0. The van der Waals surface area contributed by atoms with Gasteiger partial charge in [0.2, 0.25) is 0 Å². The third-order valence-corrected chi connectivity index (χ3v) is 3.45. The highest BCUT2D eigenvalue weighted by molar-refractivity contribution is 5.43. The summed E-state index contributed by atoms with van der Waals surface area (Å²) in [5.74, 6) is 0.727. The van der Waals surface area contributed by atoms with E-state index in [0.29, 0.717) is 18.3 Å². The maximum absolute atomic E-state index is 13.7. The molecule has 0 atom stereocenters. The highest BCUT2D eigenvalue weighted by Gasteiger charge is 2.43. The third kappa shape index (κ3) is 1.80. The molecule has 2 fully saturated rings. The van der Waals surface area contributed by atoms with Crippen molar-refractivity contribution in [1.82, 2.24) is 0 Å². The van der Waals surface area contributed by atoms with E-state index in [4.69, 9.17) is 10.5 Å². The first-order valence-electron chi connectivity index (χ1n) is 5.90. The monoisotopic (exact) mass is 221 g/mol. The quantitative estimate of drug-likeness (QED) is 0.848. The first-order chi connectivity index (χ1) is 7.69. The van der Waals surface area contributed by atoms with Gasteiger partial charge in [-0.15, -0.1) is 0 Å². The average Bonchev–Trinajstić information content (AvgIpc) is 3.13. The number of ether oxygens (including phenoxy) is 1. The zero-order chi connectivity index (χ0) is 11.2. The maximum Gasteiger partial charge on any atom is 0.165 e. The Hall–Kier alpha value is -1.09. The summed E-state index contributed by atoms with van der Waals surface area (Å²) in [4.78, 5) is 0. The van der Waals surface area contributed by atoms with E-state index in [9.17, 15) is 4.39 Å². The second-order valence-electron chi connectivity index (χ2n) is 5.03. The zero-order valence-electron chi connectivity index (χ0n) is 9.21. The summed E-state index contributed by atoms with van der Waals surface area (Å²) in [5, 5.41) is 0. The number of rotatable bonds is 4. The minimum absolute atomic E-state index is 0.283. The number of nitrogens with two attached hydrogens (primary N) is 1. The van der Waals surface area contributed by atoms with Crippen LogP contribution >= 0.6 is 0 Å². The van der Waals surface area contributed by atoms with E-state index < -0.39 is 0 Å². The molecule has 16 heavy (non-hydrogen) atoms. The number of hydrogen-bond acceptors (Lipinski definition) is 2. The number of hydrogen-bond donors (Lipinski definition) is 1. The minimum atomic E-state index is -0.332. The molecule has 2 aliphatic carbocycles. The lowest BCUT2D eigenvalue weighted by Crippen LogP contribution is -2.20. The first-order valence-corrected chi connectivity index (χ1v) is 5.90. The number of halogens is 1. The summed E-state index contributed by atoms with van der Waals surface area (Å²) < 4.78 is 19.3. The molecule has 86 valence electrons. The summed E-state index contributed by atoms with van der Waals surface area (Å²) >= 11 is 0. The van der Waals surface area contributed by atoms with Crippen LogP contribution in [0.2, 0.25) is 0 Å². The van der Waals surface area contributed by atoms with Gasteiger partial charge in [-0.25, -0.2) is 4.39 Å². The Bertz CT molecular complexity index is 410. The molecule has 0 amide bonds. The molecule has 0 heterocycles. The largest absolute Gasteiger partial charge is 0.490 e. The molecule has 0 spiro atoms. The Morgan fingerprint density at radius 2 is 2.12 bits per heavy atom. The van der Waals surface area contributed by atoms with Crippen LogP contribution in [0.15, 0.2) is 18.2 Å². The van der Waals surface area contributed by atoms with Crippen LogP contribution < -0.4 is 10.5 Å². The molecule has 2 N–H and O–H groups in total. The molecule has 0 saturated heterocycles. The lowest BCUT2D eigenvalue weighted by molar-refractivity contribution is 0.279. The lowest BCUT2D eigenvalue weighted by atomic mass is 10.0. The van der Waals surface area contributed by atoms with Crippen molar-refractivity contribution in [2.24, 2.45) is 11.7 Å². The summed E-state index contributed by atoms with van der Waals surface area (Å²) in [6.45, 7) is 0.629. The molecular weight excluding hydrogens is 205 g/mol. The zero-order valence-corrected chi connectivity index (χ0v) is 9.21. The van der Waals surface area contributed by atoms with Crippen LogP contribution in [0.4, 0.5) is 4.39 Å². The second kappa shape index (κ2) is 3.45. The molecule has 0 unspecified atom stereocenters. The molecule has 2 aliphatic rings. The number of benzene rings is 1. The van der Waals surface area contributed by atoms with Crippen LogP contribution in [-0.2, 0) is 5.54 Å². The van der Waals surface area contributed by atoms with Gasteiger partial charge >= 0.3 is 0 Å². The van der Waals surface area contributed by atoms with Crippen molar-refractivity contribution in [2.45, 2.75) is 31.2 Å². The van der Waals surface area contributed by atoms with Crippen molar-refractivity contribution in [1.29, 1.82) is 0 Å². The van der Waals surface area contributed by atoms with Gasteiger partial charge in [0.25, 0.3) is 0 Å². The van der Waals surface area contributed by atoms with Crippen LogP contribution in [0, 0.1) is 11.7 Å². The summed E-state index contributed by atoms with van der Waals surface area (Å²) in [6.07, 6.45) is 4.27. The van der Waals surface area contributed by atoms with Crippen LogP contribution in [0.25, 0.3) is 0 Å². The van der Waals surface area contributed by atoms with Crippen molar-refractivity contribution in [3.8, 4) is 5.75 Å². The SMILES string of the molecule is NC1(c2cccc(F)c2OCC2CC2)CC1. The molecular formula is C13H16FNO. The van der Waals surface area contributed by atoms with Crippen LogP contribution in [-0.4, -0.2) is 6.61 Å². The molecule has 0 radical (unpaired) electrons. The minimum Gasteiger partial charge on any atom is -0.490 e. The van der Waals surface area contributed by atoms with Gasteiger partial charge in [-0.2, -0.15) is 0 Å². The van der Waals surface area contributed by atoms with Gasteiger partial charge in [0.05, 0.1) is 6.61 Å². The molecule has 3 rings (SSSR count). The Morgan fingerprint density at radius 3 is 2.75 bits per heavy atom. The Balaban J connectivity index is 1.86. The van der Waals surface area contributed by atoms with Gasteiger partial charge in [-0.1, -0.05) is 12.1 Å². The van der Waals surface area contributed by atoms with Crippen molar-refractivity contribution in [3.05, 3.63) is 29.6 Å². The molecule has 0 aromatic heterocycles. The lowest BCUT2D eigenvalue weighted by Gasteiger charge is -2.16. The molecule has 1 aromatic carbocycles. The fraction of sp³-hybridized carbons (Fsp3) is 0.538. The van der Waals surface area contributed by atoms with Gasteiger partial charge in [0.15, 0.2) is 11.6 Å². The van der Waals surface area contributed by atoms with Crippen LogP contribution in [0.3, 0.4) is 0 Å². The molecule has 3 heteroatoms.